The number of fused-ring (bicyclic) bond motifs is 1. The fourth-order valence-corrected chi connectivity index (χ4v) is 4.48. The van der Waals surface area contributed by atoms with Crippen molar-refractivity contribution in [3.05, 3.63) is 56.4 Å². The van der Waals surface area contributed by atoms with Crippen LogP contribution in [0.4, 0.5) is 0 Å². The van der Waals surface area contributed by atoms with Crippen molar-refractivity contribution in [1.82, 2.24) is 14.8 Å². The highest BCUT2D eigenvalue weighted by Crippen LogP contribution is 2.25. The fraction of sp³-hybridized carbons (Fsp3) is 0.500. The lowest BCUT2D eigenvalue weighted by Crippen LogP contribution is -2.50. The van der Waals surface area contributed by atoms with Crippen molar-refractivity contribution in [2.75, 3.05) is 19.6 Å². The minimum atomic E-state index is -0.383. The maximum absolute atomic E-state index is 13.2. The number of amides is 2. The van der Waals surface area contributed by atoms with Crippen LogP contribution in [0.2, 0.25) is 0 Å². The molecule has 2 aromatic heterocycles. The third kappa shape index (κ3) is 3.67. The summed E-state index contributed by atoms with van der Waals surface area (Å²) in [5.74, 6) is 0.914. The van der Waals surface area contributed by atoms with E-state index in [2.05, 4.69) is 4.98 Å². The Bertz CT molecular complexity index is 1040. The van der Waals surface area contributed by atoms with Crippen molar-refractivity contribution in [1.29, 1.82) is 0 Å². The van der Waals surface area contributed by atoms with Gasteiger partial charge in [0.2, 0.25) is 0 Å². The number of carbonyl (C=O) groups excluding carboxylic acids is 2. The molecule has 0 saturated carbocycles. The largest absolute Gasteiger partial charge is 0.466 e. The van der Waals surface area contributed by atoms with Crippen LogP contribution in [0.1, 0.15) is 57.2 Å². The highest BCUT2D eigenvalue weighted by atomic mass is 16.5. The molecule has 1 N–H and O–H groups in total. The van der Waals surface area contributed by atoms with Crippen LogP contribution in [0.15, 0.2) is 21.5 Å². The number of nitrogens with zero attached hydrogens (tertiary/aromatic N) is 2. The second-order valence-electron chi connectivity index (χ2n) is 8.27. The van der Waals surface area contributed by atoms with Crippen LogP contribution in [0.3, 0.4) is 0 Å². The Kier molecular flexibility index (Phi) is 5.27. The van der Waals surface area contributed by atoms with E-state index in [-0.39, 0.29) is 35.1 Å². The molecule has 1 saturated heterocycles. The minimum absolute atomic E-state index is 0.0777. The third-order valence-corrected chi connectivity index (χ3v) is 5.77. The quantitative estimate of drug-likeness (QED) is 0.813. The maximum Gasteiger partial charge on any atom is 0.261 e. The topological polar surface area (TPSA) is 95.9 Å². The molecule has 0 unspecified atom stereocenters. The molecule has 0 aliphatic carbocycles. The standard InChI is InChI=1S/C22H27N3O5/c1-12-7-18(15(4)30-12)21(27)24-6-5-17-16(11-24)8-23-20(26)19(17)22(28)25-9-13(2)29-14(3)10-25/h7-8,13-14H,5-6,9-11H2,1-4H3,(H,23,26)/t13-,14+. The lowest BCUT2D eigenvalue weighted by Gasteiger charge is -2.36. The molecule has 1 fully saturated rings. The Labute approximate surface area is 174 Å². The van der Waals surface area contributed by atoms with Crippen molar-refractivity contribution < 1.29 is 18.7 Å². The highest BCUT2D eigenvalue weighted by molar-refractivity contribution is 5.97. The molecule has 0 radical (unpaired) electrons. The van der Waals surface area contributed by atoms with E-state index >= 15 is 0 Å². The Hall–Kier alpha value is -2.87. The third-order valence-electron chi connectivity index (χ3n) is 5.77. The zero-order valence-electron chi connectivity index (χ0n) is 17.8. The van der Waals surface area contributed by atoms with Gasteiger partial charge in [0.1, 0.15) is 17.1 Å². The van der Waals surface area contributed by atoms with Gasteiger partial charge in [0.05, 0.1) is 17.8 Å². The normalized spacial score (nSPS) is 21.5. The molecule has 2 amide bonds. The van der Waals surface area contributed by atoms with Crippen LogP contribution in [-0.4, -0.2) is 58.4 Å². The molecular weight excluding hydrogens is 386 g/mol. The zero-order valence-corrected chi connectivity index (χ0v) is 17.8. The Morgan fingerprint density at radius 1 is 1.10 bits per heavy atom. The second-order valence-corrected chi connectivity index (χ2v) is 8.27. The summed E-state index contributed by atoms with van der Waals surface area (Å²) >= 11 is 0. The number of nitrogens with one attached hydrogen (secondary N) is 1. The van der Waals surface area contributed by atoms with Gasteiger partial charge in [0, 0.05) is 32.4 Å². The number of H-pyrrole nitrogens is 1. The first-order chi connectivity index (χ1) is 14.2. The van der Waals surface area contributed by atoms with Crippen molar-refractivity contribution in [2.45, 2.75) is 52.9 Å². The molecule has 8 heteroatoms. The first-order valence-electron chi connectivity index (χ1n) is 10.3. The Balaban J connectivity index is 1.61. The molecule has 0 aromatic carbocycles. The lowest BCUT2D eigenvalue weighted by atomic mass is 9.95. The molecule has 4 rings (SSSR count). The zero-order chi connectivity index (χ0) is 21.6. The van der Waals surface area contributed by atoms with Gasteiger partial charge < -0.3 is 23.9 Å². The molecular formula is C22H27N3O5. The first kappa shape index (κ1) is 20.4. The maximum atomic E-state index is 13.2. The highest BCUT2D eigenvalue weighted by Gasteiger charge is 2.33. The Morgan fingerprint density at radius 2 is 1.80 bits per heavy atom. The van der Waals surface area contributed by atoms with Crippen LogP contribution >= 0.6 is 0 Å². The number of furan rings is 1. The summed E-state index contributed by atoms with van der Waals surface area (Å²) in [4.78, 5) is 44.9. The summed E-state index contributed by atoms with van der Waals surface area (Å²) in [6.45, 7) is 9.11. The molecule has 8 nitrogen and oxygen atoms in total. The number of aromatic nitrogens is 1. The number of rotatable bonds is 2. The lowest BCUT2D eigenvalue weighted by molar-refractivity contribution is -0.0586. The number of carbonyl (C=O) groups is 2. The number of pyridine rings is 1. The van der Waals surface area contributed by atoms with E-state index in [4.69, 9.17) is 9.15 Å². The molecule has 30 heavy (non-hydrogen) atoms. The molecule has 2 atom stereocenters. The van der Waals surface area contributed by atoms with Gasteiger partial charge in [0.25, 0.3) is 17.4 Å². The van der Waals surface area contributed by atoms with Gasteiger partial charge in [-0.2, -0.15) is 0 Å². The van der Waals surface area contributed by atoms with E-state index in [0.29, 0.717) is 49.7 Å². The van der Waals surface area contributed by atoms with Crippen molar-refractivity contribution in [2.24, 2.45) is 0 Å². The number of hydrogen-bond donors (Lipinski definition) is 1. The summed E-state index contributed by atoms with van der Waals surface area (Å²) in [5, 5.41) is 0. The smallest absolute Gasteiger partial charge is 0.261 e. The van der Waals surface area contributed by atoms with Gasteiger partial charge in [0.15, 0.2) is 0 Å². The van der Waals surface area contributed by atoms with Gasteiger partial charge in [-0.25, -0.2) is 0 Å². The summed E-state index contributed by atoms with van der Waals surface area (Å²) in [6, 6.07) is 1.75. The summed E-state index contributed by atoms with van der Waals surface area (Å²) < 4.78 is 11.2. The molecule has 2 aromatic rings. The predicted molar refractivity (Wildman–Crippen MR) is 110 cm³/mol. The van der Waals surface area contributed by atoms with Gasteiger partial charge in [-0.05, 0) is 51.3 Å². The fourth-order valence-electron chi connectivity index (χ4n) is 4.48. The second kappa shape index (κ2) is 7.75. The number of aryl methyl sites for hydroxylation is 2. The molecule has 2 aliphatic heterocycles. The van der Waals surface area contributed by atoms with Gasteiger partial charge in [-0.15, -0.1) is 0 Å². The average molecular weight is 413 g/mol. The van der Waals surface area contributed by atoms with E-state index < -0.39 is 0 Å². The number of morpholine rings is 1. The SMILES string of the molecule is Cc1cc(C(=O)N2CCc3c(c[nH]c(=O)c3C(=O)N3C[C@@H](C)O[C@@H](C)C3)C2)c(C)o1. The monoisotopic (exact) mass is 413 g/mol. The van der Waals surface area contributed by atoms with Crippen LogP contribution in [-0.2, 0) is 17.7 Å². The molecule has 4 heterocycles. The van der Waals surface area contributed by atoms with E-state index in [1.165, 1.54) is 0 Å². The van der Waals surface area contributed by atoms with Crippen molar-refractivity contribution in [3.63, 3.8) is 0 Å². The predicted octanol–water partition coefficient (Wildman–Crippen LogP) is 2.03. The van der Waals surface area contributed by atoms with Crippen molar-refractivity contribution in [3.8, 4) is 0 Å². The van der Waals surface area contributed by atoms with Crippen LogP contribution in [0.25, 0.3) is 0 Å². The molecule has 2 aliphatic rings. The van der Waals surface area contributed by atoms with Gasteiger partial charge >= 0.3 is 0 Å². The number of ether oxygens (including phenoxy) is 1. The van der Waals surface area contributed by atoms with Crippen LogP contribution in [0.5, 0.6) is 0 Å². The summed E-state index contributed by atoms with van der Waals surface area (Å²) in [6.07, 6.45) is 1.92. The van der Waals surface area contributed by atoms with E-state index in [9.17, 15) is 14.4 Å². The van der Waals surface area contributed by atoms with Gasteiger partial charge in [-0.1, -0.05) is 0 Å². The average Bonchev–Trinajstić information content (AvgIpc) is 3.03. The minimum Gasteiger partial charge on any atom is -0.466 e. The van der Waals surface area contributed by atoms with Crippen LogP contribution < -0.4 is 5.56 Å². The Morgan fingerprint density at radius 3 is 2.43 bits per heavy atom. The molecule has 160 valence electrons. The number of hydrogen-bond acceptors (Lipinski definition) is 5. The van der Waals surface area contributed by atoms with Crippen LogP contribution in [0, 0.1) is 13.8 Å². The summed E-state index contributed by atoms with van der Waals surface area (Å²) in [7, 11) is 0. The molecule has 0 bridgehead atoms. The molecule has 0 spiro atoms. The van der Waals surface area contributed by atoms with E-state index in [1.54, 1.807) is 29.0 Å². The number of aromatic amines is 1. The van der Waals surface area contributed by atoms with E-state index in [1.807, 2.05) is 20.8 Å². The van der Waals surface area contributed by atoms with E-state index in [0.717, 1.165) is 11.1 Å². The van der Waals surface area contributed by atoms with Crippen molar-refractivity contribution >= 4 is 11.8 Å². The first-order valence-corrected chi connectivity index (χ1v) is 10.3. The summed E-state index contributed by atoms with van der Waals surface area (Å²) in [5.41, 5.74) is 1.89. The van der Waals surface area contributed by atoms with Gasteiger partial charge in [-0.3, -0.25) is 14.4 Å².